The van der Waals surface area contributed by atoms with Crippen molar-refractivity contribution >= 4 is 16.9 Å². The SMILES string of the molecule is COCC1CCCN(c2ncnc3[nH]cc(C)c23)C1. The Morgan fingerprint density at radius 3 is 3.21 bits per heavy atom. The van der Waals surface area contributed by atoms with E-state index in [-0.39, 0.29) is 0 Å². The van der Waals surface area contributed by atoms with Gasteiger partial charge in [-0.05, 0) is 31.2 Å². The van der Waals surface area contributed by atoms with E-state index >= 15 is 0 Å². The van der Waals surface area contributed by atoms with Gasteiger partial charge in [0.05, 0.1) is 12.0 Å². The van der Waals surface area contributed by atoms with Crippen molar-refractivity contribution in [2.24, 2.45) is 5.92 Å². The van der Waals surface area contributed by atoms with Crippen molar-refractivity contribution in [3.8, 4) is 0 Å². The number of aryl methyl sites for hydroxylation is 1. The molecule has 5 heteroatoms. The number of piperidine rings is 1. The molecule has 3 heterocycles. The van der Waals surface area contributed by atoms with Crippen molar-refractivity contribution in [2.75, 3.05) is 31.7 Å². The van der Waals surface area contributed by atoms with Crippen LogP contribution in [0.15, 0.2) is 12.5 Å². The quantitative estimate of drug-likeness (QED) is 0.918. The molecule has 1 aliphatic rings. The highest BCUT2D eigenvalue weighted by atomic mass is 16.5. The minimum Gasteiger partial charge on any atom is -0.384 e. The van der Waals surface area contributed by atoms with Gasteiger partial charge in [-0.15, -0.1) is 0 Å². The highest BCUT2D eigenvalue weighted by Gasteiger charge is 2.23. The average molecular weight is 260 g/mol. The van der Waals surface area contributed by atoms with Crippen molar-refractivity contribution < 1.29 is 4.74 Å². The van der Waals surface area contributed by atoms with Crippen LogP contribution < -0.4 is 4.90 Å². The van der Waals surface area contributed by atoms with Gasteiger partial charge in [0.25, 0.3) is 0 Å². The summed E-state index contributed by atoms with van der Waals surface area (Å²) in [5, 5.41) is 1.15. The molecule has 0 radical (unpaired) electrons. The van der Waals surface area contributed by atoms with E-state index in [4.69, 9.17) is 4.74 Å². The van der Waals surface area contributed by atoms with Gasteiger partial charge in [0.15, 0.2) is 0 Å². The molecule has 0 amide bonds. The molecule has 1 fully saturated rings. The van der Waals surface area contributed by atoms with E-state index in [1.54, 1.807) is 13.4 Å². The fraction of sp³-hybridized carbons (Fsp3) is 0.571. The van der Waals surface area contributed by atoms with Crippen LogP contribution in [0, 0.1) is 12.8 Å². The molecule has 0 aliphatic carbocycles. The molecule has 102 valence electrons. The van der Waals surface area contributed by atoms with E-state index in [2.05, 4.69) is 26.8 Å². The first-order chi connectivity index (χ1) is 9.29. The first-order valence-electron chi connectivity index (χ1n) is 6.82. The molecular weight excluding hydrogens is 240 g/mol. The fourth-order valence-electron chi connectivity index (χ4n) is 2.97. The third kappa shape index (κ3) is 2.30. The number of H-pyrrole nitrogens is 1. The van der Waals surface area contributed by atoms with Crippen molar-refractivity contribution in [3.05, 3.63) is 18.1 Å². The molecule has 1 aliphatic heterocycles. The van der Waals surface area contributed by atoms with Crippen molar-refractivity contribution in [2.45, 2.75) is 19.8 Å². The number of nitrogens with one attached hydrogen (secondary N) is 1. The van der Waals surface area contributed by atoms with E-state index in [1.807, 2.05) is 6.20 Å². The first-order valence-corrected chi connectivity index (χ1v) is 6.82. The van der Waals surface area contributed by atoms with Crippen LogP contribution in [-0.4, -0.2) is 41.8 Å². The lowest BCUT2D eigenvalue weighted by Crippen LogP contribution is -2.37. The Labute approximate surface area is 113 Å². The average Bonchev–Trinajstić information content (AvgIpc) is 2.82. The maximum Gasteiger partial charge on any atom is 0.143 e. The molecule has 2 aromatic rings. The number of rotatable bonds is 3. The normalized spacial score (nSPS) is 20.1. The Morgan fingerprint density at radius 2 is 2.37 bits per heavy atom. The number of nitrogens with zero attached hydrogens (tertiary/aromatic N) is 3. The van der Waals surface area contributed by atoms with Crippen LogP contribution >= 0.6 is 0 Å². The minimum absolute atomic E-state index is 0.600. The van der Waals surface area contributed by atoms with Crippen molar-refractivity contribution in [1.82, 2.24) is 15.0 Å². The largest absolute Gasteiger partial charge is 0.384 e. The van der Waals surface area contributed by atoms with Crippen molar-refractivity contribution in [1.29, 1.82) is 0 Å². The second kappa shape index (κ2) is 5.17. The third-order valence-corrected chi connectivity index (χ3v) is 3.87. The number of aromatic amines is 1. The van der Waals surface area contributed by atoms with E-state index in [0.29, 0.717) is 5.92 Å². The van der Waals surface area contributed by atoms with Gasteiger partial charge in [0, 0.05) is 26.4 Å². The Hall–Kier alpha value is -1.62. The van der Waals surface area contributed by atoms with Gasteiger partial charge < -0.3 is 14.6 Å². The summed E-state index contributed by atoms with van der Waals surface area (Å²) in [4.78, 5) is 14.4. The number of hydrogen-bond donors (Lipinski definition) is 1. The minimum atomic E-state index is 0.600. The van der Waals surface area contributed by atoms with Crippen LogP contribution in [0.3, 0.4) is 0 Å². The van der Waals surface area contributed by atoms with Gasteiger partial charge in [0.1, 0.15) is 17.8 Å². The summed E-state index contributed by atoms with van der Waals surface area (Å²) in [6.45, 7) is 5.01. The highest BCUT2D eigenvalue weighted by molar-refractivity contribution is 5.90. The number of ether oxygens (including phenoxy) is 1. The molecule has 5 nitrogen and oxygen atoms in total. The molecule has 1 atom stereocenters. The van der Waals surface area contributed by atoms with Crippen LogP contribution in [0.25, 0.3) is 11.0 Å². The standard InChI is InChI=1S/C14H20N4O/c1-10-6-15-13-12(10)14(17-9-16-13)18-5-3-4-11(7-18)8-19-2/h6,9,11H,3-5,7-8H2,1-2H3,(H,15,16,17). The first kappa shape index (κ1) is 12.4. The molecule has 0 bridgehead atoms. The van der Waals surface area contributed by atoms with E-state index in [1.165, 1.54) is 18.4 Å². The maximum absolute atomic E-state index is 5.30. The van der Waals surface area contributed by atoms with E-state index in [9.17, 15) is 0 Å². The van der Waals surface area contributed by atoms with Crippen LogP contribution in [0.1, 0.15) is 18.4 Å². The summed E-state index contributed by atoms with van der Waals surface area (Å²) in [5.41, 5.74) is 2.14. The summed E-state index contributed by atoms with van der Waals surface area (Å²) in [6.07, 6.45) is 6.08. The monoisotopic (exact) mass is 260 g/mol. The number of aromatic nitrogens is 3. The van der Waals surface area contributed by atoms with E-state index < -0.39 is 0 Å². The molecule has 0 aromatic carbocycles. The zero-order valence-corrected chi connectivity index (χ0v) is 11.5. The van der Waals surface area contributed by atoms with Gasteiger partial charge in [-0.25, -0.2) is 9.97 Å². The fourth-order valence-corrected chi connectivity index (χ4v) is 2.97. The summed E-state index contributed by atoms with van der Waals surface area (Å²) >= 11 is 0. The Balaban J connectivity index is 1.93. The number of methoxy groups -OCH3 is 1. The topological polar surface area (TPSA) is 54.0 Å². The number of hydrogen-bond acceptors (Lipinski definition) is 4. The van der Waals surface area contributed by atoms with Gasteiger partial charge in [-0.2, -0.15) is 0 Å². The van der Waals surface area contributed by atoms with Gasteiger partial charge in [0.2, 0.25) is 0 Å². The zero-order valence-electron chi connectivity index (χ0n) is 11.5. The van der Waals surface area contributed by atoms with Gasteiger partial charge in [-0.1, -0.05) is 0 Å². The molecule has 2 aromatic heterocycles. The molecule has 19 heavy (non-hydrogen) atoms. The summed E-state index contributed by atoms with van der Waals surface area (Å²) in [5.74, 6) is 1.66. The zero-order chi connectivity index (χ0) is 13.2. The van der Waals surface area contributed by atoms with Gasteiger partial charge in [-0.3, -0.25) is 0 Å². The molecule has 1 N–H and O–H groups in total. The maximum atomic E-state index is 5.30. The summed E-state index contributed by atoms with van der Waals surface area (Å²) in [6, 6.07) is 0. The summed E-state index contributed by atoms with van der Waals surface area (Å²) in [7, 11) is 1.78. The lowest BCUT2D eigenvalue weighted by Gasteiger charge is -2.33. The Kier molecular flexibility index (Phi) is 3.38. The molecule has 0 saturated carbocycles. The molecule has 0 spiro atoms. The van der Waals surface area contributed by atoms with Crippen molar-refractivity contribution in [3.63, 3.8) is 0 Å². The number of anilines is 1. The Morgan fingerprint density at radius 1 is 1.47 bits per heavy atom. The van der Waals surface area contributed by atoms with E-state index in [0.717, 1.165) is 36.5 Å². The van der Waals surface area contributed by atoms with Crippen LogP contribution in [0.2, 0.25) is 0 Å². The second-order valence-electron chi connectivity index (χ2n) is 5.30. The molecule has 3 rings (SSSR count). The predicted octanol–water partition coefficient (Wildman–Crippen LogP) is 2.13. The molecule has 1 unspecified atom stereocenters. The van der Waals surface area contributed by atoms with Crippen LogP contribution in [-0.2, 0) is 4.74 Å². The lowest BCUT2D eigenvalue weighted by atomic mass is 9.98. The number of fused-ring (bicyclic) bond motifs is 1. The molecule has 1 saturated heterocycles. The van der Waals surface area contributed by atoms with Crippen LogP contribution in [0.5, 0.6) is 0 Å². The smallest absolute Gasteiger partial charge is 0.143 e. The third-order valence-electron chi connectivity index (χ3n) is 3.87. The second-order valence-corrected chi connectivity index (χ2v) is 5.30. The predicted molar refractivity (Wildman–Crippen MR) is 75.4 cm³/mol. The summed E-state index contributed by atoms with van der Waals surface area (Å²) < 4.78 is 5.30. The van der Waals surface area contributed by atoms with Gasteiger partial charge >= 0.3 is 0 Å². The lowest BCUT2D eigenvalue weighted by molar-refractivity contribution is 0.143. The highest BCUT2D eigenvalue weighted by Crippen LogP contribution is 2.29. The molecular formula is C14H20N4O. The Bertz CT molecular complexity index is 564. The van der Waals surface area contributed by atoms with Crippen LogP contribution in [0.4, 0.5) is 5.82 Å².